The van der Waals surface area contributed by atoms with Gasteiger partial charge >= 0.3 is 6.03 Å². The van der Waals surface area contributed by atoms with Gasteiger partial charge in [0.05, 0.1) is 0 Å². The fourth-order valence-electron chi connectivity index (χ4n) is 1.69. The van der Waals surface area contributed by atoms with Crippen LogP contribution in [-0.2, 0) is 6.42 Å². The SMILES string of the molecule is CCCCCNC(=O)Nc1ccccc1CC. The predicted octanol–water partition coefficient (Wildman–Crippen LogP) is 3.56. The minimum absolute atomic E-state index is 0.109. The zero-order valence-electron chi connectivity index (χ0n) is 10.8. The Morgan fingerprint density at radius 1 is 1.18 bits per heavy atom. The van der Waals surface area contributed by atoms with E-state index in [0.717, 1.165) is 37.1 Å². The number of urea groups is 1. The fraction of sp³-hybridized carbons (Fsp3) is 0.500. The molecule has 1 aromatic rings. The van der Waals surface area contributed by atoms with Crippen molar-refractivity contribution in [1.82, 2.24) is 5.32 Å². The standard InChI is InChI=1S/C14H22N2O/c1-3-5-8-11-15-14(17)16-13-10-7-6-9-12(13)4-2/h6-7,9-10H,3-5,8,11H2,1-2H3,(H2,15,16,17). The first-order chi connectivity index (χ1) is 8.27. The highest BCUT2D eigenvalue weighted by Crippen LogP contribution is 2.14. The van der Waals surface area contributed by atoms with E-state index >= 15 is 0 Å². The molecule has 2 amide bonds. The normalized spacial score (nSPS) is 10.0. The van der Waals surface area contributed by atoms with Crippen LogP contribution >= 0.6 is 0 Å². The van der Waals surface area contributed by atoms with Crippen molar-refractivity contribution in [1.29, 1.82) is 0 Å². The second-order valence-corrected chi connectivity index (χ2v) is 4.10. The molecule has 3 nitrogen and oxygen atoms in total. The summed E-state index contributed by atoms with van der Waals surface area (Å²) in [6, 6.07) is 7.79. The van der Waals surface area contributed by atoms with E-state index in [-0.39, 0.29) is 6.03 Å². The number of carbonyl (C=O) groups excluding carboxylic acids is 1. The number of anilines is 1. The molecule has 0 aliphatic heterocycles. The van der Waals surface area contributed by atoms with Crippen LogP contribution < -0.4 is 10.6 Å². The van der Waals surface area contributed by atoms with Gasteiger partial charge in [-0.25, -0.2) is 4.79 Å². The Balaban J connectivity index is 2.39. The maximum atomic E-state index is 11.6. The van der Waals surface area contributed by atoms with E-state index < -0.39 is 0 Å². The van der Waals surface area contributed by atoms with Crippen LogP contribution in [0.4, 0.5) is 10.5 Å². The van der Waals surface area contributed by atoms with Crippen molar-refractivity contribution < 1.29 is 4.79 Å². The summed E-state index contributed by atoms with van der Waals surface area (Å²) in [7, 11) is 0. The summed E-state index contributed by atoms with van der Waals surface area (Å²) in [5.74, 6) is 0. The molecule has 0 spiro atoms. The summed E-state index contributed by atoms with van der Waals surface area (Å²) in [6.07, 6.45) is 4.29. The minimum atomic E-state index is -0.109. The van der Waals surface area contributed by atoms with Crippen molar-refractivity contribution in [3.05, 3.63) is 29.8 Å². The van der Waals surface area contributed by atoms with Crippen molar-refractivity contribution in [3.63, 3.8) is 0 Å². The molecular formula is C14H22N2O. The molecular weight excluding hydrogens is 212 g/mol. The van der Waals surface area contributed by atoms with Gasteiger partial charge < -0.3 is 10.6 Å². The molecule has 17 heavy (non-hydrogen) atoms. The van der Waals surface area contributed by atoms with Crippen LogP contribution in [0.25, 0.3) is 0 Å². The van der Waals surface area contributed by atoms with Crippen molar-refractivity contribution in [2.75, 3.05) is 11.9 Å². The van der Waals surface area contributed by atoms with Gasteiger partial charge in [-0.05, 0) is 24.5 Å². The lowest BCUT2D eigenvalue weighted by molar-refractivity contribution is 0.252. The van der Waals surface area contributed by atoms with Gasteiger partial charge in [-0.1, -0.05) is 44.9 Å². The number of amides is 2. The molecule has 94 valence electrons. The van der Waals surface area contributed by atoms with E-state index in [9.17, 15) is 4.79 Å². The quantitative estimate of drug-likeness (QED) is 0.726. The molecule has 0 bridgehead atoms. The third-order valence-corrected chi connectivity index (χ3v) is 2.71. The Hall–Kier alpha value is -1.51. The first kappa shape index (κ1) is 13.6. The van der Waals surface area contributed by atoms with Crippen molar-refractivity contribution >= 4 is 11.7 Å². The molecule has 0 aliphatic rings. The van der Waals surface area contributed by atoms with Crippen LogP contribution in [0.1, 0.15) is 38.7 Å². The maximum absolute atomic E-state index is 11.6. The number of nitrogens with one attached hydrogen (secondary N) is 2. The van der Waals surface area contributed by atoms with Crippen LogP contribution in [0.3, 0.4) is 0 Å². The third-order valence-electron chi connectivity index (χ3n) is 2.71. The number of benzene rings is 1. The minimum Gasteiger partial charge on any atom is -0.338 e. The number of hydrogen-bond donors (Lipinski definition) is 2. The van der Waals surface area contributed by atoms with Crippen LogP contribution in [0.2, 0.25) is 0 Å². The Morgan fingerprint density at radius 2 is 1.94 bits per heavy atom. The highest BCUT2D eigenvalue weighted by atomic mass is 16.2. The molecule has 0 radical (unpaired) electrons. The van der Waals surface area contributed by atoms with Gasteiger partial charge in [-0.3, -0.25) is 0 Å². The number of aryl methyl sites for hydroxylation is 1. The molecule has 0 saturated carbocycles. The van der Waals surface area contributed by atoms with Gasteiger partial charge in [0.15, 0.2) is 0 Å². The van der Waals surface area contributed by atoms with E-state index in [1.54, 1.807) is 0 Å². The molecule has 0 aromatic heterocycles. The largest absolute Gasteiger partial charge is 0.338 e. The van der Waals surface area contributed by atoms with Crippen molar-refractivity contribution in [3.8, 4) is 0 Å². The summed E-state index contributed by atoms with van der Waals surface area (Å²) in [5, 5.41) is 5.76. The van der Waals surface area contributed by atoms with Gasteiger partial charge in [0, 0.05) is 12.2 Å². The zero-order valence-corrected chi connectivity index (χ0v) is 10.8. The molecule has 3 heteroatoms. The molecule has 0 aliphatic carbocycles. The second-order valence-electron chi connectivity index (χ2n) is 4.10. The molecule has 0 atom stereocenters. The lowest BCUT2D eigenvalue weighted by Crippen LogP contribution is -2.29. The summed E-state index contributed by atoms with van der Waals surface area (Å²) in [5.41, 5.74) is 2.07. The van der Waals surface area contributed by atoms with Gasteiger partial charge in [0.2, 0.25) is 0 Å². The van der Waals surface area contributed by atoms with E-state index in [1.807, 2.05) is 24.3 Å². The van der Waals surface area contributed by atoms with Gasteiger partial charge in [-0.15, -0.1) is 0 Å². The Bertz CT molecular complexity index is 350. The topological polar surface area (TPSA) is 41.1 Å². The van der Waals surface area contributed by atoms with Crippen LogP contribution in [0.5, 0.6) is 0 Å². The summed E-state index contributed by atoms with van der Waals surface area (Å²) < 4.78 is 0. The number of carbonyl (C=O) groups is 1. The molecule has 2 N–H and O–H groups in total. The fourth-order valence-corrected chi connectivity index (χ4v) is 1.69. The zero-order chi connectivity index (χ0) is 12.5. The first-order valence-corrected chi connectivity index (χ1v) is 6.40. The highest BCUT2D eigenvalue weighted by molar-refractivity contribution is 5.90. The predicted molar refractivity (Wildman–Crippen MR) is 72.4 cm³/mol. The average molecular weight is 234 g/mol. The monoisotopic (exact) mass is 234 g/mol. The Kier molecular flexibility index (Phi) is 6.15. The van der Waals surface area contributed by atoms with Crippen LogP contribution in [0.15, 0.2) is 24.3 Å². The number of rotatable bonds is 6. The number of para-hydroxylation sites is 1. The van der Waals surface area contributed by atoms with Gasteiger partial charge in [0.1, 0.15) is 0 Å². The molecule has 0 saturated heterocycles. The van der Waals surface area contributed by atoms with Crippen LogP contribution in [-0.4, -0.2) is 12.6 Å². The lowest BCUT2D eigenvalue weighted by atomic mass is 10.1. The first-order valence-electron chi connectivity index (χ1n) is 6.40. The molecule has 1 aromatic carbocycles. The van der Waals surface area contributed by atoms with Crippen LogP contribution in [0, 0.1) is 0 Å². The average Bonchev–Trinajstić information content (AvgIpc) is 2.35. The maximum Gasteiger partial charge on any atom is 0.319 e. The highest BCUT2D eigenvalue weighted by Gasteiger charge is 2.03. The van der Waals surface area contributed by atoms with E-state index in [2.05, 4.69) is 24.5 Å². The number of hydrogen-bond acceptors (Lipinski definition) is 1. The van der Waals surface area contributed by atoms with E-state index in [0.29, 0.717) is 0 Å². The molecule has 1 rings (SSSR count). The Labute approximate surface area is 104 Å². The van der Waals surface area contributed by atoms with Gasteiger partial charge in [0.25, 0.3) is 0 Å². The second kappa shape index (κ2) is 7.71. The number of unbranched alkanes of at least 4 members (excludes halogenated alkanes) is 2. The molecule has 0 unspecified atom stereocenters. The van der Waals surface area contributed by atoms with E-state index in [1.165, 1.54) is 6.42 Å². The summed E-state index contributed by atoms with van der Waals surface area (Å²) in [6.45, 7) is 4.98. The lowest BCUT2D eigenvalue weighted by Gasteiger charge is -2.10. The van der Waals surface area contributed by atoms with E-state index in [4.69, 9.17) is 0 Å². The summed E-state index contributed by atoms with van der Waals surface area (Å²) in [4.78, 5) is 11.6. The third kappa shape index (κ3) is 4.89. The van der Waals surface area contributed by atoms with Crippen molar-refractivity contribution in [2.24, 2.45) is 0 Å². The van der Waals surface area contributed by atoms with Gasteiger partial charge in [-0.2, -0.15) is 0 Å². The summed E-state index contributed by atoms with van der Waals surface area (Å²) >= 11 is 0. The smallest absolute Gasteiger partial charge is 0.319 e. The molecule has 0 fully saturated rings. The Morgan fingerprint density at radius 3 is 2.65 bits per heavy atom. The van der Waals surface area contributed by atoms with Crippen molar-refractivity contribution in [2.45, 2.75) is 39.5 Å². The molecule has 0 heterocycles.